The smallest absolute Gasteiger partial charge is 0.119 e. The molecule has 0 N–H and O–H groups in total. The molecule has 0 aromatic heterocycles. The molecule has 0 saturated carbocycles. The lowest BCUT2D eigenvalue weighted by molar-refractivity contribution is 0.414. The second-order valence-corrected chi connectivity index (χ2v) is 4.41. The number of hydrogen-bond acceptors (Lipinski definition) is 1. The number of benzene rings is 1. The van der Waals surface area contributed by atoms with Gasteiger partial charge in [0.05, 0.1) is 7.11 Å². The van der Waals surface area contributed by atoms with E-state index in [2.05, 4.69) is 44.6 Å². The van der Waals surface area contributed by atoms with Crippen LogP contribution in [0.2, 0.25) is 0 Å². The fraction of sp³-hybridized carbons (Fsp3) is 0.111. The van der Waals surface area contributed by atoms with E-state index in [1.54, 1.807) is 7.11 Å². The zero-order chi connectivity index (χ0) is 8.72. The first-order chi connectivity index (χ1) is 5.74. The lowest BCUT2D eigenvalue weighted by atomic mass is 9.98. The van der Waals surface area contributed by atoms with E-state index < -0.39 is 0 Å². The molecule has 1 aliphatic rings. The first kappa shape index (κ1) is 8.56. The van der Waals surface area contributed by atoms with Gasteiger partial charge in [0.1, 0.15) is 5.75 Å². The molecule has 1 aromatic rings. The molecule has 1 aliphatic carbocycles. The van der Waals surface area contributed by atoms with Gasteiger partial charge in [-0.3, -0.25) is 0 Å². The second-order valence-electron chi connectivity index (χ2n) is 2.54. The van der Waals surface area contributed by atoms with Crippen molar-refractivity contribution < 1.29 is 4.74 Å². The van der Waals surface area contributed by atoms with Gasteiger partial charge in [0.2, 0.25) is 0 Å². The van der Waals surface area contributed by atoms with Gasteiger partial charge in [-0.15, -0.1) is 0 Å². The number of fused-ring (bicyclic) bond motifs is 1. The molecule has 0 unspecified atom stereocenters. The molecule has 0 fully saturated rings. The summed E-state index contributed by atoms with van der Waals surface area (Å²) < 4.78 is 7.61. The Labute approximate surface area is 93.1 Å². The van der Waals surface area contributed by atoms with Crippen molar-refractivity contribution in [2.45, 2.75) is 0 Å². The van der Waals surface area contributed by atoms with E-state index in [4.69, 9.17) is 4.74 Å². The summed E-state index contributed by atoms with van der Waals surface area (Å²) in [7, 11) is 1.68. The standard InChI is InChI=1S/C9H6BrIO/c1-12-5-2-3-6-7(4-5)8(10)9(6)11/h2-4H,1H3. The molecule has 62 valence electrons. The predicted octanol–water partition coefficient (Wildman–Crippen LogP) is 3.66. The molecule has 0 saturated heterocycles. The van der Waals surface area contributed by atoms with Crippen molar-refractivity contribution in [3.63, 3.8) is 0 Å². The van der Waals surface area contributed by atoms with Gasteiger partial charge in [-0.05, 0) is 62.3 Å². The largest absolute Gasteiger partial charge is 0.497 e. The van der Waals surface area contributed by atoms with Crippen LogP contribution in [0.5, 0.6) is 5.75 Å². The van der Waals surface area contributed by atoms with Crippen LogP contribution in [-0.4, -0.2) is 7.11 Å². The van der Waals surface area contributed by atoms with Crippen molar-refractivity contribution >= 4 is 46.6 Å². The van der Waals surface area contributed by atoms with E-state index in [-0.39, 0.29) is 0 Å². The van der Waals surface area contributed by atoms with E-state index in [1.165, 1.54) is 19.2 Å². The first-order valence-electron chi connectivity index (χ1n) is 3.48. The number of ether oxygens (including phenoxy) is 1. The molecule has 3 heteroatoms. The Hall–Kier alpha value is -0.0300. The van der Waals surface area contributed by atoms with Crippen LogP contribution in [0.4, 0.5) is 0 Å². The molecular formula is C9H6BrIO. The van der Waals surface area contributed by atoms with Crippen LogP contribution in [0.25, 0.3) is 8.06 Å². The van der Waals surface area contributed by atoms with Gasteiger partial charge >= 0.3 is 0 Å². The second kappa shape index (κ2) is 3.03. The lowest BCUT2D eigenvalue weighted by Crippen LogP contribution is -1.98. The molecular weight excluding hydrogens is 331 g/mol. The van der Waals surface area contributed by atoms with Gasteiger partial charge in [0, 0.05) is 13.6 Å². The highest BCUT2D eigenvalue weighted by molar-refractivity contribution is 14.1. The molecule has 0 amide bonds. The zero-order valence-electron chi connectivity index (χ0n) is 6.40. The molecule has 2 rings (SSSR count). The van der Waals surface area contributed by atoms with Crippen molar-refractivity contribution in [2.24, 2.45) is 0 Å². The van der Waals surface area contributed by atoms with Crippen molar-refractivity contribution in [3.05, 3.63) is 29.3 Å². The highest BCUT2D eigenvalue weighted by Crippen LogP contribution is 2.48. The van der Waals surface area contributed by atoms with Gasteiger partial charge in [0.15, 0.2) is 0 Å². The van der Waals surface area contributed by atoms with Crippen LogP contribution in [0.3, 0.4) is 0 Å². The Morgan fingerprint density at radius 3 is 2.75 bits per heavy atom. The molecule has 0 spiro atoms. The fourth-order valence-electron chi connectivity index (χ4n) is 1.20. The summed E-state index contributed by atoms with van der Waals surface area (Å²) in [4.78, 5) is 0. The van der Waals surface area contributed by atoms with Crippen LogP contribution in [-0.2, 0) is 0 Å². The molecule has 0 aliphatic heterocycles. The molecule has 1 nitrogen and oxygen atoms in total. The zero-order valence-corrected chi connectivity index (χ0v) is 10.1. The summed E-state index contributed by atoms with van der Waals surface area (Å²) in [5, 5.41) is 0. The van der Waals surface area contributed by atoms with E-state index in [0.717, 1.165) is 5.75 Å². The SMILES string of the molecule is COc1ccc2c(c1)C(Br)=C2I. The minimum absolute atomic E-state index is 0.912. The topological polar surface area (TPSA) is 9.23 Å². The molecule has 0 bridgehead atoms. The Bertz CT molecular complexity index is 371. The highest BCUT2D eigenvalue weighted by atomic mass is 127. The maximum absolute atomic E-state index is 5.12. The Morgan fingerprint density at radius 1 is 1.33 bits per heavy atom. The predicted molar refractivity (Wildman–Crippen MR) is 62.8 cm³/mol. The Balaban J connectivity index is 2.49. The summed E-state index contributed by atoms with van der Waals surface area (Å²) in [6, 6.07) is 6.11. The van der Waals surface area contributed by atoms with Gasteiger partial charge in [-0.2, -0.15) is 0 Å². The normalized spacial score (nSPS) is 13.9. The minimum Gasteiger partial charge on any atom is -0.497 e. The average Bonchev–Trinajstić information content (AvgIpc) is 2.15. The fourth-order valence-corrected chi connectivity index (χ4v) is 2.50. The Kier molecular flexibility index (Phi) is 2.16. The van der Waals surface area contributed by atoms with Gasteiger partial charge in [-0.1, -0.05) is 0 Å². The Morgan fingerprint density at radius 2 is 2.08 bits per heavy atom. The number of halogens is 2. The lowest BCUT2D eigenvalue weighted by Gasteiger charge is -2.20. The van der Waals surface area contributed by atoms with E-state index in [1.807, 2.05) is 12.1 Å². The molecule has 0 heterocycles. The summed E-state index contributed by atoms with van der Waals surface area (Å²) in [5.74, 6) is 0.912. The number of methoxy groups -OCH3 is 1. The monoisotopic (exact) mass is 336 g/mol. The third kappa shape index (κ3) is 1.10. The molecule has 0 atom stereocenters. The summed E-state index contributed by atoms with van der Waals surface area (Å²) in [6.45, 7) is 0. The first-order valence-corrected chi connectivity index (χ1v) is 5.35. The van der Waals surface area contributed by atoms with Crippen molar-refractivity contribution in [1.82, 2.24) is 0 Å². The van der Waals surface area contributed by atoms with E-state index >= 15 is 0 Å². The molecule has 1 aromatic carbocycles. The van der Waals surface area contributed by atoms with Gasteiger partial charge in [-0.25, -0.2) is 0 Å². The quantitative estimate of drug-likeness (QED) is 0.711. The maximum atomic E-state index is 5.12. The number of rotatable bonds is 1. The van der Waals surface area contributed by atoms with Gasteiger partial charge < -0.3 is 4.74 Å². The highest BCUT2D eigenvalue weighted by Gasteiger charge is 2.21. The van der Waals surface area contributed by atoms with Gasteiger partial charge in [0.25, 0.3) is 0 Å². The van der Waals surface area contributed by atoms with Crippen LogP contribution in [0.1, 0.15) is 11.1 Å². The van der Waals surface area contributed by atoms with E-state index in [0.29, 0.717) is 0 Å². The third-order valence-corrected chi connectivity index (χ3v) is 4.58. The number of hydrogen-bond donors (Lipinski definition) is 0. The summed E-state index contributed by atoms with van der Waals surface area (Å²) >= 11 is 5.83. The van der Waals surface area contributed by atoms with E-state index in [9.17, 15) is 0 Å². The van der Waals surface area contributed by atoms with Crippen molar-refractivity contribution in [3.8, 4) is 5.75 Å². The van der Waals surface area contributed by atoms with Crippen LogP contribution < -0.4 is 4.74 Å². The molecule has 0 radical (unpaired) electrons. The average molecular weight is 337 g/mol. The van der Waals surface area contributed by atoms with Crippen molar-refractivity contribution in [2.75, 3.05) is 7.11 Å². The summed E-state index contributed by atoms with van der Waals surface area (Å²) in [5.41, 5.74) is 2.56. The van der Waals surface area contributed by atoms with Crippen LogP contribution in [0, 0.1) is 0 Å². The minimum atomic E-state index is 0.912. The van der Waals surface area contributed by atoms with Crippen LogP contribution >= 0.6 is 38.5 Å². The maximum Gasteiger partial charge on any atom is 0.119 e. The van der Waals surface area contributed by atoms with Crippen molar-refractivity contribution in [1.29, 1.82) is 0 Å². The third-order valence-electron chi connectivity index (χ3n) is 1.89. The molecule has 12 heavy (non-hydrogen) atoms. The van der Waals surface area contributed by atoms with Crippen LogP contribution in [0.15, 0.2) is 18.2 Å². The summed E-state index contributed by atoms with van der Waals surface area (Å²) in [6.07, 6.45) is 0.